The molecule has 3 heterocycles. The van der Waals surface area contributed by atoms with Crippen LogP contribution in [-0.2, 0) is 18.8 Å². The lowest BCUT2D eigenvalue weighted by molar-refractivity contribution is 0.0153. The summed E-state index contributed by atoms with van der Waals surface area (Å²) in [5.74, 6) is 0. The average Bonchev–Trinajstić information content (AvgIpc) is 3.62. The first-order valence-electron chi connectivity index (χ1n) is 14.6. The molecule has 0 bridgehead atoms. The molecule has 0 amide bonds. The average molecular weight is 516 g/mol. The maximum Gasteiger partial charge on any atom is 0.287 e. The molecule has 3 aliphatic rings. The maximum absolute atomic E-state index is 15.5. The topological polar surface area (TPSA) is 54.5 Å². The van der Waals surface area contributed by atoms with Crippen molar-refractivity contribution in [2.45, 2.75) is 129 Å². The predicted octanol–water partition coefficient (Wildman–Crippen LogP) is 5.93. The van der Waals surface area contributed by atoms with Crippen LogP contribution in [0.2, 0.25) is 0 Å². The number of hydrogen-bond acceptors (Lipinski definition) is 4. The summed E-state index contributed by atoms with van der Waals surface area (Å²) in [7, 11) is -1.19. The van der Waals surface area contributed by atoms with Crippen molar-refractivity contribution in [2.24, 2.45) is 0 Å². The Morgan fingerprint density at radius 3 is 1.66 bits per heavy atom. The first kappa shape index (κ1) is 29.5. The SMILES string of the molecule is CCCC(CCC)OC[C@@H]1CCCN1P(=O)(N1CCC[C@H]1COC)N1CCC[C@H]1COC(C)CC. The number of rotatable bonds is 16. The first-order valence-corrected chi connectivity index (χ1v) is 16.2. The minimum absolute atomic E-state index is 0.216. The highest BCUT2D eigenvalue weighted by atomic mass is 31.2. The molecule has 0 aromatic rings. The van der Waals surface area contributed by atoms with E-state index < -0.39 is 7.59 Å². The van der Waals surface area contributed by atoms with Crippen molar-refractivity contribution in [3.8, 4) is 0 Å². The zero-order valence-electron chi connectivity index (χ0n) is 23.3. The molecule has 0 N–H and O–H groups in total. The molecular formula is C27H54N3O4P. The van der Waals surface area contributed by atoms with Crippen LogP contribution in [0.5, 0.6) is 0 Å². The molecule has 0 spiro atoms. The predicted molar refractivity (Wildman–Crippen MR) is 144 cm³/mol. The van der Waals surface area contributed by atoms with Gasteiger partial charge in [-0.25, -0.2) is 14.0 Å². The second-order valence-electron chi connectivity index (χ2n) is 10.9. The molecule has 0 aliphatic carbocycles. The van der Waals surface area contributed by atoms with Crippen LogP contribution in [0.4, 0.5) is 0 Å². The first-order chi connectivity index (χ1) is 17.0. The highest BCUT2D eigenvalue weighted by molar-refractivity contribution is 7.56. The summed E-state index contributed by atoms with van der Waals surface area (Å²) in [6.45, 7) is 13.5. The van der Waals surface area contributed by atoms with Crippen molar-refractivity contribution in [1.82, 2.24) is 14.0 Å². The Kier molecular flexibility index (Phi) is 12.5. The maximum atomic E-state index is 15.5. The Balaban J connectivity index is 1.84. The molecule has 35 heavy (non-hydrogen) atoms. The van der Waals surface area contributed by atoms with Gasteiger partial charge in [0.2, 0.25) is 0 Å². The third kappa shape index (κ3) is 7.31. The van der Waals surface area contributed by atoms with Crippen LogP contribution in [0.15, 0.2) is 0 Å². The van der Waals surface area contributed by atoms with Gasteiger partial charge >= 0.3 is 0 Å². The normalized spacial score (nSPS) is 29.4. The van der Waals surface area contributed by atoms with Crippen LogP contribution in [0.1, 0.15) is 98.3 Å². The van der Waals surface area contributed by atoms with Crippen LogP contribution in [0, 0.1) is 0 Å². The van der Waals surface area contributed by atoms with Crippen LogP contribution in [-0.4, -0.2) is 90.9 Å². The van der Waals surface area contributed by atoms with Crippen LogP contribution in [0.3, 0.4) is 0 Å². The van der Waals surface area contributed by atoms with Crippen LogP contribution < -0.4 is 0 Å². The highest BCUT2D eigenvalue weighted by Crippen LogP contribution is 2.63. The fraction of sp³-hybridized carbons (Fsp3) is 1.00. The molecule has 3 fully saturated rings. The Morgan fingerprint density at radius 2 is 1.23 bits per heavy atom. The van der Waals surface area contributed by atoms with Gasteiger partial charge in [0.05, 0.1) is 32.0 Å². The zero-order valence-corrected chi connectivity index (χ0v) is 24.2. The molecule has 0 saturated carbocycles. The van der Waals surface area contributed by atoms with E-state index in [1.54, 1.807) is 7.11 Å². The molecule has 3 rings (SSSR count). The minimum Gasteiger partial charge on any atom is -0.383 e. The van der Waals surface area contributed by atoms with Gasteiger partial charge < -0.3 is 14.2 Å². The second kappa shape index (κ2) is 14.8. The van der Waals surface area contributed by atoms with Gasteiger partial charge in [0.1, 0.15) is 0 Å². The van der Waals surface area contributed by atoms with Crippen molar-refractivity contribution < 1.29 is 18.8 Å². The Hall–Kier alpha value is -0.0100. The summed E-state index contributed by atoms with van der Waals surface area (Å²) in [4.78, 5) is 0. The van der Waals surface area contributed by atoms with Crippen LogP contribution in [0.25, 0.3) is 0 Å². The number of hydrogen-bond donors (Lipinski definition) is 0. The van der Waals surface area contributed by atoms with E-state index in [9.17, 15) is 0 Å². The van der Waals surface area contributed by atoms with Gasteiger partial charge in [-0.2, -0.15) is 0 Å². The summed E-state index contributed by atoms with van der Waals surface area (Å²) in [6.07, 6.45) is 12.6. The van der Waals surface area contributed by atoms with E-state index in [2.05, 4.69) is 41.7 Å². The number of nitrogens with zero attached hydrogens (tertiary/aromatic N) is 3. The fourth-order valence-corrected chi connectivity index (χ4v) is 10.1. The van der Waals surface area contributed by atoms with Gasteiger partial charge in [0.15, 0.2) is 0 Å². The van der Waals surface area contributed by atoms with Gasteiger partial charge in [-0.15, -0.1) is 0 Å². The van der Waals surface area contributed by atoms with E-state index in [0.717, 1.165) is 90.3 Å². The minimum atomic E-state index is -2.96. The molecule has 8 heteroatoms. The largest absolute Gasteiger partial charge is 0.383 e. The lowest BCUT2D eigenvalue weighted by Crippen LogP contribution is -2.48. The molecule has 3 aliphatic heterocycles. The standard InChI is InChI=1S/C27H54N3O4P/c1-6-12-27(13-7-2)34-22-26-16-11-19-30(26)35(31,28-17-9-14-24(28)20-32-5)29-18-10-15-25(29)21-33-23(4)8-3/h23-27H,6-22H2,1-5H3/t23?,24-,25-,26-,35?/m0/s1. The third-order valence-electron chi connectivity index (χ3n) is 8.29. The van der Waals surface area contributed by atoms with E-state index in [4.69, 9.17) is 14.2 Å². The van der Waals surface area contributed by atoms with Crippen molar-refractivity contribution in [3.05, 3.63) is 0 Å². The number of ether oxygens (including phenoxy) is 3. The van der Waals surface area contributed by atoms with Crippen molar-refractivity contribution >= 4 is 7.59 Å². The van der Waals surface area contributed by atoms with Gasteiger partial charge in [0, 0.05) is 44.9 Å². The summed E-state index contributed by atoms with van der Waals surface area (Å²) in [6, 6.07) is 0.656. The summed E-state index contributed by atoms with van der Waals surface area (Å²) < 4.78 is 41.0. The van der Waals surface area contributed by atoms with Gasteiger partial charge in [-0.3, -0.25) is 4.57 Å². The van der Waals surface area contributed by atoms with Gasteiger partial charge in [-0.05, 0) is 64.7 Å². The van der Waals surface area contributed by atoms with Crippen molar-refractivity contribution in [3.63, 3.8) is 0 Å². The van der Waals surface area contributed by atoms with E-state index in [1.807, 2.05) is 0 Å². The monoisotopic (exact) mass is 515 g/mol. The molecule has 0 aromatic heterocycles. The quantitative estimate of drug-likeness (QED) is 0.236. The summed E-state index contributed by atoms with van der Waals surface area (Å²) in [5, 5.41) is 0. The molecule has 0 radical (unpaired) electrons. The molecule has 5 atom stereocenters. The molecule has 7 nitrogen and oxygen atoms in total. The van der Waals surface area contributed by atoms with Crippen molar-refractivity contribution in [2.75, 3.05) is 46.6 Å². The van der Waals surface area contributed by atoms with Crippen molar-refractivity contribution in [1.29, 1.82) is 0 Å². The molecule has 0 aromatic carbocycles. The highest BCUT2D eigenvalue weighted by Gasteiger charge is 2.53. The van der Waals surface area contributed by atoms with E-state index in [-0.39, 0.29) is 24.2 Å². The second-order valence-corrected chi connectivity index (χ2v) is 13.5. The molecular weight excluding hydrogens is 461 g/mol. The third-order valence-corrected chi connectivity index (χ3v) is 11.9. The molecule has 3 saturated heterocycles. The van der Waals surface area contributed by atoms with Gasteiger partial charge in [-0.1, -0.05) is 33.6 Å². The lowest BCUT2D eigenvalue weighted by atomic mass is 10.1. The zero-order chi connectivity index (χ0) is 25.3. The van der Waals surface area contributed by atoms with E-state index >= 15 is 4.57 Å². The van der Waals surface area contributed by atoms with Crippen LogP contribution >= 0.6 is 7.59 Å². The Labute approximate surface area is 215 Å². The molecule has 2 unspecified atom stereocenters. The number of methoxy groups -OCH3 is 1. The fourth-order valence-electron chi connectivity index (χ4n) is 6.23. The Morgan fingerprint density at radius 1 is 0.771 bits per heavy atom. The van der Waals surface area contributed by atoms with E-state index in [0.29, 0.717) is 25.9 Å². The molecule has 206 valence electrons. The summed E-state index contributed by atoms with van der Waals surface area (Å²) in [5.41, 5.74) is 0. The summed E-state index contributed by atoms with van der Waals surface area (Å²) >= 11 is 0. The smallest absolute Gasteiger partial charge is 0.287 e. The van der Waals surface area contributed by atoms with E-state index in [1.165, 1.54) is 0 Å². The lowest BCUT2D eigenvalue weighted by Gasteiger charge is -2.47. The Bertz CT molecular complexity index is 648. The van der Waals surface area contributed by atoms with Gasteiger partial charge in [0.25, 0.3) is 7.59 Å².